The van der Waals surface area contributed by atoms with Crippen molar-refractivity contribution in [3.63, 3.8) is 0 Å². The highest BCUT2D eigenvalue weighted by Crippen LogP contribution is 2.32. The summed E-state index contributed by atoms with van der Waals surface area (Å²) in [7, 11) is 0. The van der Waals surface area contributed by atoms with Crippen LogP contribution in [0.3, 0.4) is 0 Å². The lowest BCUT2D eigenvalue weighted by Crippen LogP contribution is -2.28. The minimum Gasteiger partial charge on any atom is -0.384 e. The summed E-state index contributed by atoms with van der Waals surface area (Å²) in [6, 6.07) is 7.93. The number of para-hydroxylation sites is 1. The zero-order valence-electron chi connectivity index (χ0n) is 9.74. The summed E-state index contributed by atoms with van der Waals surface area (Å²) in [4.78, 5) is 2.33. The lowest BCUT2D eigenvalue weighted by molar-refractivity contribution is 0.741. The van der Waals surface area contributed by atoms with Gasteiger partial charge in [0.15, 0.2) is 0 Å². The third-order valence-corrected chi connectivity index (χ3v) is 3.09. The van der Waals surface area contributed by atoms with Crippen molar-refractivity contribution in [2.75, 3.05) is 18.0 Å². The molecule has 0 bridgehead atoms. The second kappa shape index (κ2) is 4.56. The van der Waals surface area contributed by atoms with Gasteiger partial charge >= 0.3 is 0 Å². The molecule has 0 spiro atoms. The van der Waals surface area contributed by atoms with Gasteiger partial charge in [-0.05, 0) is 37.8 Å². The molecule has 0 radical (unpaired) electrons. The van der Waals surface area contributed by atoms with Crippen LogP contribution in [0.1, 0.15) is 25.3 Å². The summed E-state index contributed by atoms with van der Waals surface area (Å²) in [6.45, 7) is 4.22. The third-order valence-electron chi connectivity index (χ3n) is 3.09. The van der Waals surface area contributed by atoms with E-state index >= 15 is 0 Å². The van der Waals surface area contributed by atoms with E-state index in [-0.39, 0.29) is 5.84 Å². The number of benzene rings is 1. The molecule has 16 heavy (non-hydrogen) atoms. The second-order valence-electron chi connectivity index (χ2n) is 4.41. The van der Waals surface area contributed by atoms with E-state index in [1.54, 1.807) is 0 Å². The molecule has 86 valence electrons. The van der Waals surface area contributed by atoms with Crippen LogP contribution in [-0.2, 0) is 0 Å². The van der Waals surface area contributed by atoms with Crippen LogP contribution in [0, 0.1) is 11.3 Å². The Morgan fingerprint density at radius 3 is 2.69 bits per heavy atom. The van der Waals surface area contributed by atoms with E-state index < -0.39 is 0 Å². The molecule has 0 aromatic heterocycles. The van der Waals surface area contributed by atoms with Crippen molar-refractivity contribution in [3.05, 3.63) is 29.8 Å². The zero-order valence-corrected chi connectivity index (χ0v) is 9.74. The Bertz CT molecular complexity index is 383. The molecule has 0 heterocycles. The number of anilines is 1. The fourth-order valence-corrected chi connectivity index (χ4v) is 1.99. The van der Waals surface area contributed by atoms with Crippen LogP contribution in [0.2, 0.25) is 0 Å². The molecule has 0 amide bonds. The average Bonchev–Trinajstić information content (AvgIpc) is 3.09. The molecule has 1 aromatic carbocycles. The molecular weight excluding hydrogens is 198 g/mol. The summed E-state index contributed by atoms with van der Waals surface area (Å²) in [6.07, 6.45) is 2.69. The highest BCUT2D eigenvalue weighted by molar-refractivity contribution is 6.00. The first-order valence-electron chi connectivity index (χ1n) is 5.90. The quantitative estimate of drug-likeness (QED) is 0.587. The van der Waals surface area contributed by atoms with Gasteiger partial charge < -0.3 is 10.6 Å². The molecule has 0 aliphatic heterocycles. The first-order valence-corrected chi connectivity index (χ1v) is 5.90. The SMILES string of the molecule is CCN(CC1CC1)c1ccccc1C(=N)N. The maximum Gasteiger partial charge on any atom is 0.124 e. The number of hydrogen-bond donors (Lipinski definition) is 2. The smallest absolute Gasteiger partial charge is 0.124 e. The normalized spacial score (nSPS) is 14.8. The Morgan fingerprint density at radius 2 is 2.12 bits per heavy atom. The van der Waals surface area contributed by atoms with Gasteiger partial charge in [0, 0.05) is 24.3 Å². The molecular formula is C13H19N3. The number of nitrogens with zero attached hydrogens (tertiary/aromatic N) is 1. The molecule has 1 aromatic rings. The Morgan fingerprint density at radius 1 is 1.44 bits per heavy atom. The lowest BCUT2D eigenvalue weighted by Gasteiger charge is -2.25. The molecule has 0 unspecified atom stereocenters. The van der Waals surface area contributed by atoms with Crippen molar-refractivity contribution < 1.29 is 0 Å². The summed E-state index contributed by atoms with van der Waals surface area (Å²) < 4.78 is 0. The van der Waals surface area contributed by atoms with Crippen LogP contribution in [0.25, 0.3) is 0 Å². The van der Waals surface area contributed by atoms with E-state index in [1.165, 1.54) is 12.8 Å². The molecule has 1 aliphatic rings. The van der Waals surface area contributed by atoms with Gasteiger partial charge in [0.05, 0.1) is 0 Å². The molecule has 3 nitrogen and oxygen atoms in total. The van der Waals surface area contributed by atoms with Crippen molar-refractivity contribution >= 4 is 11.5 Å². The molecule has 1 fully saturated rings. The fourth-order valence-electron chi connectivity index (χ4n) is 1.99. The predicted molar refractivity (Wildman–Crippen MR) is 68.1 cm³/mol. The van der Waals surface area contributed by atoms with Crippen molar-refractivity contribution in [2.24, 2.45) is 11.7 Å². The van der Waals surface area contributed by atoms with E-state index in [9.17, 15) is 0 Å². The van der Waals surface area contributed by atoms with Gasteiger partial charge in [-0.15, -0.1) is 0 Å². The number of nitrogens with one attached hydrogen (secondary N) is 1. The molecule has 3 heteroatoms. The second-order valence-corrected chi connectivity index (χ2v) is 4.41. The van der Waals surface area contributed by atoms with Crippen LogP contribution in [0.15, 0.2) is 24.3 Å². The van der Waals surface area contributed by atoms with Gasteiger partial charge in [-0.25, -0.2) is 0 Å². The van der Waals surface area contributed by atoms with Crippen LogP contribution >= 0.6 is 0 Å². The number of rotatable bonds is 5. The topological polar surface area (TPSA) is 53.1 Å². The Hall–Kier alpha value is -1.51. The van der Waals surface area contributed by atoms with Crippen molar-refractivity contribution in [2.45, 2.75) is 19.8 Å². The monoisotopic (exact) mass is 217 g/mol. The Labute approximate surface area is 96.8 Å². The minimum absolute atomic E-state index is 0.157. The molecule has 3 N–H and O–H groups in total. The zero-order chi connectivity index (χ0) is 11.5. The van der Waals surface area contributed by atoms with Crippen LogP contribution < -0.4 is 10.6 Å². The summed E-state index contributed by atoms with van der Waals surface area (Å²) in [5.74, 6) is 1.00. The molecule has 2 rings (SSSR count). The van der Waals surface area contributed by atoms with E-state index in [0.717, 1.165) is 30.3 Å². The maximum atomic E-state index is 7.59. The summed E-state index contributed by atoms with van der Waals surface area (Å²) in [5.41, 5.74) is 7.56. The fraction of sp³-hybridized carbons (Fsp3) is 0.462. The van der Waals surface area contributed by atoms with Crippen molar-refractivity contribution in [1.82, 2.24) is 0 Å². The minimum atomic E-state index is 0.157. The average molecular weight is 217 g/mol. The maximum absolute atomic E-state index is 7.59. The van der Waals surface area contributed by atoms with Crippen LogP contribution in [-0.4, -0.2) is 18.9 Å². The Kier molecular flexibility index (Phi) is 3.13. The first-order chi connectivity index (χ1) is 7.72. The number of hydrogen-bond acceptors (Lipinski definition) is 2. The number of amidine groups is 1. The molecule has 0 saturated heterocycles. The molecule has 0 atom stereocenters. The van der Waals surface area contributed by atoms with Crippen molar-refractivity contribution in [3.8, 4) is 0 Å². The highest BCUT2D eigenvalue weighted by atomic mass is 15.1. The standard InChI is InChI=1S/C13H19N3/c1-2-16(9-10-7-8-10)12-6-4-3-5-11(12)13(14)15/h3-6,10H,2,7-9H2,1H3,(H3,14,15). The van der Waals surface area contributed by atoms with Gasteiger partial charge in [-0.2, -0.15) is 0 Å². The van der Waals surface area contributed by atoms with Gasteiger partial charge in [-0.3, -0.25) is 5.41 Å². The number of nitrogen functional groups attached to an aromatic ring is 1. The van der Waals surface area contributed by atoms with E-state index in [4.69, 9.17) is 11.1 Å². The van der Waals surface area contributed by atoms with E-state index in [1.807, 2.05) is 18.2 Å². The lowest BCUT2D eigenvalue weighted by atomic mass is 10.1. The van der Waals surface area contributed by atoms with Crippen LogP contribution in [0.5, 0.6) is 0 Å². The molecule has 1 saturated carbocycles. The van der Waals surface area contributed by atoms with Gasteiger partial charge in [0.2, 0.25) is 0 Å². The van der Waals surface area contributed by atoms with Crippen molar-refractivity contribution in [1.29, 1.82) is 5.41 Å². The van der Waals surface area contributed by atoms with E-state index in [2.05, 4.69) is 17.9 Å². The summed E-state index contributed by atoms with van der Waals surface area (Å²) >= 11 is 0. The number of nitrogens with two attached hydrogens (primary N) is 1. The van der Waals surface area contributed by atoms with Crippen LogP contribution in [0.4, 0.5) is 5.69 Å². The third kappa shape index (κ3) is 2.35. The highest BCUT2D eigenvalue weighted by Gasteiger charge is 2.24. The van der Waals surface area contributed by atoms with Gasteiger partial charge in [-0.1, -0.05) is 12.1 Å². The van der Waals surface area contributed by atoms with Gasteiger partial charge in [0.25, 0.3) is 0 Å². The largest absolute Gasteiger partial charge is 0.384 e. The molecule has 1 aliphatic carbocycles. The summed E-state index contributed by atoms with van der Waals surface area (Å²) in [5, 5.41) is 7.59. The van der Waals surface area contributed by atoms with E-state index in [0.29, 0.717) is 0 Å². The predicted octanol–water partition coefficient (Wildman–Crippen LogP) is 2.21. The first kappa shape index (κ1) is 11.0. The Balaban J connectivity index is 2.24. The van der Waals surface area contributed by atoms with Gasteiger partial charge in [0.1, 0.15) is 5.84 Å².